The van der Waals surface area contributed by atoms with Crippen molar-refractivity contribution in [2.45, 2.75) is 19.8 Å². The molecule has 18 heavy (non-hydrogen) atoms. The highest BCUT2D eigenvalue weighted by Gasteiger charge is 2.23. The zero-order chi connectivity index (χ0) is 13.5. The van der Waals surface area contributed by atoms with Crippen LogP contribution in [0.4, 0.5) is 0 Å². The predicted octanol–water partition coefficient (Wildman–Crippen LogP) is 2.10. The smallest absolute Gasteiger partial charge is 0.227 e. The van der Waals surface area contributed by atoms with Gasteiger partial charge < -0.3 is 10.2 Å². The van der Waals surface area contributed by atoms with E-state index in [0.717, 1.165) is 12.1 Å². The molecule has 1 aromatic rings. The van der Waals surface area contributed by atoms with E-state index in [1.165, 1.54) is 0 Å². The fourth-order valence-corrected chi connectivity index (χ4v) is 2.01. The van der Waals surface area contributed by atoms with Crippen molar-refractivity contribution in [2.75, 3.05) is 27.2 Å². The second-order valence-corrected chi connectivity index (χ2v) is 5.23. The van der Waals surface area contributed by atoms with Gasteiger partial charge in [-0.1, -0.05) is 44.2 Å². The van der Waals surface area contributed by atoms with Crippen molar-refractivity contribution in [2.24, 2.45) is 5.92 Å². The van der Waals surface area contributed by atoms with Gasteiger partial charge in [0.1, 0.15) is 0 Å². The van der Waals surface area contributed by atoms with Crippen molar-refractivity contribution in [3.05, 3.63) is 35.9 Å². The van der Waals surface area contributed by atoms with Gasteiger partial charge in [-0.2, -0.15) is 0 Å². The number of carbonyl (C=O) groups excluding carboxylic acids is 1. The minimum absolute atomic E-state index is 0.0617. The molecule has 0 aliphatic heterocycles. The molecular formula is C15H24N2O. The average molecular weight is 248 g/mol. The predicted molar refractivity (Wildman–Crippen MR) is 75.6 cm³/mol. The number of rotatable bonds is 6. The van der Waals surface area contributed by atoms with E-state index in [0.29, 0.717) is 12.5 Å². The lowest BCUT2D eigenvalue weighted by Crippen LogP contribution is -2.36. The number of carbonyl (C=O) groups is 1. The Bertz CT molecular complexity index is 360. The van der Waals surface area contributed by atoms with Crippen LogP contribution in [-0.4, -0.2) is 38.0 Å². The van der Waals surface area contributed by atoms with Crippen molar-refractivity contribution >= 4 is 5.91 Å². The molecule has 0 heterocycles. The molecular weight excluding hydrogens is 224 g/mol. The summed E-state index contributed by atoms with van der Waals surface area (Å²) in [7, 11) is 4.01. The second kappa shape index (κ2) is 7.17. The number of likely N-dealkylation sites (N-methyl/N-ethyl adjacent to an activating group) is 1. The van der Waals surface area contributed by atoms with Crippen LogP contribution in [0, 0.1) is 5.92 Å². The maximum atomic E-state index is 12.2. The molecule has 1 unspecified atom stereocenters. The lowest BCUT2D eigenvalue weighted by atomic mass is 9.88. The molecule has 100 valence electrons. The van der Waals surface area contributed by atoms with E-state index >= 15 is 0 Å². The molecule has 1 amide bonds. The number of amides is 1. The van der Waals surface area contributed by atoms with Gasteiger partial charge in [0.2, 0.25) is 5.91 Å². The molecule has 1 atom stereocenters. The number of hydrogen-bond donors (Lipinski definition) is 1. The van der Waals surface area contributed by atoms with Gasteiger partial charge in [-0.15, -0.1) is 0 Å². The van der Waals surface area contributed by atoms with Gasteiger partial charge in [0, 0.05) is 13.1 Å². The summed E-state index contributed by atoms with van der Waals surface area (Å²) >= 11 is 0. The quantitative estimate of drug-likeness (QED) is 0.836. The number of hydrogen-bond acceptors (Lipinski definition) is 2. The van der Waals surface area contributed by atoms with Crippen molar-refractivity contribution in [3.63, 3.8) is 0 Å². The standard InChI is InChI=1S/C15H24N2O/c1-12(2)14(13-8-6-5-7-9-13)15(18)16-10-11-17(3)4/h5-9,12,14H,10-11H2,1-4H3,(H,16,18). The minimum atomic E-state index is -0.0617. The molecule has 0 aliphatic carbocycles. The molecule has 0 aromatic heterocycles. The van der Waals surface area contributed by atoms with Crippen LogP contribution in [-0.2, 0) is 4.79 Å². The molecule has 0 spiro atoms. The van der Waals surface area contributed by atoms with E-state index in [4.69, 9.17) is 0 Å². The molecule has 3 nitrogen and oxygen atoms in total. The Morgan fingerprint density at radius 2 is 1.83 bits per heavy atom. The molecule has 3 heteroatoms. The Balaban J connectivity index is 2.65. The first-order valence-electron chi connectivity index (χ1n) is 6.49. The normalized spacial score (nSPS) is 12.8. The summed E-state index contributed by atoms with van der Waals surface area (Å²) in [6.45, 7) is 5.74. The first kappa shape index (κ1) is 14.7. The van der Waals surface area contributed by atoms with Crippen LogP contribution >= 0.6 is 0 Å². The van der Waals surface area contributed by atoms with Crippen molar-refractivity contribution in [3.8, 4) is 0 Å². The Hall–Kier alpha value is -1.35. The molecule has 0 saturated carbocycles. The summed E-state index contributed by atoms with van der Waals surface area (Å²) in [6.07, 6.45) is 0. The van der Waals surface area contributed by atoms with E-state index in [1.54, 1.807) is 0 Å². The third-order valence-electron chi connectivity index (χ3n) is 2.97. The van der Waals surface area contributed by atoms with Crippen molar-refractivity contribution < 1.29 is 4.79 Å². The van der Waals surface area contributed by atoms with Crippen LogP contribution in [0.2, 0.25) is 0 Å². The summed E-state index contributed by atoms with van der Waals surface area (Å²) in [5.74, 6) is 0.359. The number of nitrogens with one attached hydrogen (secondary N) is 1. The van der Waals surface area contributed by atoms with Gasteiger partial charge in [0.25, 0.3) is 0 Å². The van der Waals surface area contributed by atoms with E-state index in [9.17, 15) is 4.79 Å². The maximum Gasteiger partial charge on any atom is 0.227 e. The van der Waals surface area contributed by atoms with E-state index in [1.807, 2.05) is 44.4 Å². The second-order valence-electron chi connectivity index (χ2n) is 5.23. The molecule has 0 saturated heterocycles. The van der Waals surface area contributed by atoms with Crippen molar-refractivity contribution in [1.82, 2.24) is 10.2 Å². The fourth-order valence-electron chi connectivity index (χ4n) is 2.01. The molecule has 1 aromatic carbocycles. The average Bonchev–Trinajstić information content (AvgIpc) is 2.29. The lowest BCUT2D eigenvalue weighted by molar-refractivity contribution is -0.123. The van der Waals surface area contributed by atoms with Gasteiger partial charge in [-0.05, 0) is 25.6 Å². The van der Waals surface area contributed by atoms with Gasteiger partial charge in [-0.3, -0.25) is 4.79 Å². The Morgan fingerprint density at radius 3 is 2.33 bits per heavy atom. The summed E-state index contributed by atoms with van der Waals surface area (Å²) in [6, 6.07) is 9.99. The molecule has 1 rings (SSSR count). The highest BCUT2D eigenvalue weighted by atomic mass is 16.1. The first-order valence-corrected chi connectivity index (χ1v) is 6.49. The SMILES string of the molecule is CC(C)C(C(=O)NCCN(C)C)c1ccccc1. The molecule has 0 bridgehead atoms. The first-order chi connectivity index (χ1) is 8.52. The Kier molecular flexibility index (Phi) is 5.86. The summed E-state index contributed by atoms with van der Waals surface area (Å²) in [5.41, 5.74) is 1.09. The number of benzene rings is 1. The van der Waals surface area contributed by atoms with E-state index in [-0.39, 0.29) is 11.8 Å². The third-order valence-corrected chi connectivity index (χ3v) is 2.97. The van der Waals surface area contributed by atoms with Crippen LogP contribution < -0.4 is 5.32 Å². The fraction of sp³-hybridized carbons (Fsp3) is 0.533. The highest BCUT2D eigenvalue weighted by Crippen LogP contribution is 2.24. The summed E-state index contributed by atoms with van der Waals surface area (Å²) < 4.78 is 0. The van der Waals surface area contributed by atoms with E-state index < -0.39 is 0 Å². The van der Waals surface area contributed by atoms with Crippen molar-refractivity contribution in [1.29, 1.82) is 0 Å². The molecule has 0 radical (unpaired) electrons. The molecule has 0 fully saturated rings. The topological polar surface area (TPSA) is 32.3 Å². The zero-order valence-corrected chi connectivity index (χ0v) is 11.8. The maximum absolute atomic E-state index is 12.2. The lowest BCUT2D eigenvalue weighted by Gasteiger charge is -2.21. The van der Waals surface area contributed by atoms with E-state index in [2.05, 4.69) is 24.1 Å². The van der Waals surface area contributed by atoms with Gasteiger partial charge in [0.05, 0.1) is 5.92 Å². The number of nitrogens with zero attached hydrogens (tertiary/aromatic N) is 1. The van der Waals surface area contributed by atoms with Crippen LogP contribution in [0.5, 0.6) is 0 Å². The molecule has 0 aliphatic rings. The van der Waals surface area contributed by atoms with Gasteiger partial charge in [0.15, 0.2) is 0 Å². The Labute approximate surface area is 110 Å². The molecule has 1 N–H and O–H groups in total. The minimum Gasteiger partial charge on any atom is -0.354 e. The van der Waals surface area contributed by atoms with Crippen LogP contribution in [0.15, 0.2) is 30.3 Å². The van der Waals surface area contributed by atoms with Gasteiger partial charge >= 0.3 is 0 Å². The van der Waals surface area contributed by atoms with Gasteiger partial charge in [-0.25, -0.2) is 0 Å². The zero-order valence-electron chi connectivity index (χ0n) is 11.8. The Morgan fingerprint density at radius 1 is 1.22 bits per heavy atom. The highest BCUT2D eigenvalue weighted by molar-refractivity contribution is 5.83. The van der Waals surface area contributed by atoms with Crippen LogP contribution in [0.1, 0.15) is 25.3 Å². The van der Waals surface area contributed by atoms with Crippen LogP contribution in [0.3, 0.4) is 0 Å². The summed E-state index contributed by atoms with van der Waals surface area (Å²) in [5, 5.41) is 3.01. The third kappa shape index (κ3) is 4.49. The largest absolute Gasteiger partial charge is 0.354 e. The summed E-state index contributed by atoms with van der Waals surface area (Å²) in [4.78, 5) is 14.3. The monoisotopic (exact) mass is 248 g/mol. The van der Waals surface area contributed by atoms with Crippen LogP contribution in [0.25, 0.3) is 0 Å².